The molecule has 78 valence electrons. The summed E-state index contributed by atoms with van der Waals surface area (Å²) in [4.78, 5) is 0. The van der Waals surface area contributed by atoms with Gasteiger partial charge in [-0.2, -0.15) is 5.26 Å². The van der Waals surface area contributed by atoms with Gasteiger partial charge in [-0.15, -0.1) is 13.2 Å². The second-order valence-electron chi connectivity index (χ2n) is 2.58. The van der Waals surface area contributed by atoms with Gasteiger partial charge in [0.2, 0.25) is 0 Å². The predicted molar refractivity (Wildman–Crippen MR) is 47.8 cm³/mol. The highest BCUT2D eigenvalue weighted by molar-refractivity contribution is 5.53. The number of alkyl halides is 3. The van der Waals surface area contributed by atoms with E-state index >= 15 is 0 Å². The number of nitriles is 1. The molecule has 0 saturated heterocycles. The lowest BCUT2D eigenvalue weighted by atomic mass is 10.2. The third kappa shape index (κ3) is 4.18. The molecule has 5 heteroatoms. The van der Waals surface area contributed by atoms with Crippen LogP contribution >= 0.6 is 0 Å². The zero-order chi connectivity index (χ0) is 11.3. The van der Waals surface area contributed by atoms with Gasteiger partial charge in [0, 0.05) is 6.08 Å². The van der Waals surface area contributed by atoms with Crippen molar-refractivity contribution in [3.05, 3.63) is 35.9 Å². The van der Waals surface area contributed by atoms with Crippen molar-refractivity contribution in [2.24, 2.45) is 0 Å². The van der Waals surface area contributed by atoms with E-state index in [2.05, 4.69) is 4.74 Å². The number of allylic oxidation sites excluding steroid dienone is 1. The van der Waals surface area contributed by atoms with Crippen molar-refractivity contribution in [3.63, 3.8) is 0 Å². The lowest BCUT2D eigenvalue weighted by Gasteiger charge is -2.08. The van der Waals surface area contributed by atoms with E-state index in [-0.39, 0.29) is 5.75 Å². The molecule has 0 aliphatic heterocycles. The van der Waals surface area contributed by atoms with Gasteiger partial charge < -0.3 is 4.74 Å². The first kappa shape index (κ1) is 11.1. The van der Waals surface area contributed by atoms with Crippen molar-refractivity contribution in [2.45, 2.75) is 6.36 Å². The normalized spacial score (nSPS) is 11.3. The Hall–Kier alpha value is -1.96. The Morgan fingerprint density at radius 3 is 2.67 bits per heavy atom. The number of halogens is 3. The molecule has 2 nitrogen and oxygen atoms in total. The first-order chi connectivity index (χ1) is 7.01. The third-order valence-corrected chi connectivity index (χ3v) is 1.44. The molecule has 1 rings (SSSR count). The summed E-state index contributed by atoms with van der Waals surface area (Å²) in [5.74, 6) is -0.303. The van der Waals surface area contributed by atoms with Gasteiger partial charge in [-0.3, -0.25) is 0 Å². The minimum atomic E-state index is -4.70. The minimum absolute atomic E-state index is 0.303. The summed E-state index contributed by atoms with van der Waals surface area (Å²) in [6.45, 7) is 0. The standard InChI is InChI=1S/C10H6F3NO/c11-10(12,13)15-9-5-1-3-8(7-9)4-2-6-14/h1-5,7H/b4-2+. The van der Waals surface area contributed by atoms with Crippen LogP contribution in [-0.2, 0) is 0 Å². The Bertz CT molecular complexity index is 404. The van der Waals surface area contributed by atoms with Gasteiger partial charge in [-0.05, 0) is 23.8 Å². The molecule has 0 aromatic heterocycles. The molecule has 0 N–H and O–H groups in total. The molecule has 0 atom stereocenters. The molecular weight excluding hydrogens is 207 g/mol. The van der Waals surface area contributed by atoms with Crippen LogP contribution in [0, 0.1) is 11.3 Å². The monoisotopic (exact) mass is 213 g/mol. The maximum atomic E-state index is 11.8. The predicted octanol–water partition coefficient (Wildman–Crippen LogP) is 3.12. The fraction of sp³-hybridized carbons (Fsp3) is 0.100. The maximum Gasteiger partial charge on any atom is 0.573 e. The van der Waals surface area contributed by atoms with Gasteiger partial charge in [0.25, 0.3) is 0 Å². The molecule has 1 aromatic rings. The third-order valence-electron chi connectivity index (χ3n) is 1.44. The van der Waals surface area contributed by atoms with Crippen LogP contribution in [0.2, 0.25) is 0 Å². The Morgan fingerprint density at radius 2 is 2.07 bits per heavy atom. The first-order valence-corrected chi connectivity index (χ1v) is 3.93. The van der Waals surface area contributed by atoms with Gasteiger partial charge >= 0.3 is 6.36 Å². The van der Waals surface area contributed by atoms with Crippen LogP contribution in [0.5, 0.6) is 5.75 Å². The van der Waals surface area contributed by atoms with Crippen LogP contribution in [0.25, 0.3) is 6.08 Å². The van der Waals surface area contributed by atoms with E-state index in [0.29, 0.717) is 5.56 Å². The average Bonchev–Trinajstić information content (AvgIpc) is 2.12. The quantitative estimate of drug-likeness (QED) is 0.707. The lowest BCUT2D eigenvalue weighted by Crippen LogP contribution is -2.17. The fourth-order valence-electron chi connectivity index (χ4n) is 0.949. The van der Waals surface area contributed by atoms with E-state index < -0.39 is 6.36 Å². The smallest absolute Gasteiger partial charge is 0.406 e. The van der Waals surface area contributed by atoms with E-state index in [0.717, 1.165) is 0 Å². The van der Waals surface area contributed by atoms with Crippen molar-refractivity contribution < 1.29 is 17.9 Å². The number of hydrogen-bond acceptors (Lipinski definition) is 2. The Kier molecular flexibility index (Phi) is 3.34. The summed E-state index contributed by atoms with van der Waals surface area (Å²) in [6, 6.07) is 7.11. The second kappa shape index (κ2) is 4.51. The topological polar surface area (TPSA) is 33.0 Å². The van der Waals surface area contributed by atoms with Crippen molar-refractivity contribution in [2.75, 3.05) is 0 Å². The molecule has 0 aliphatic carbocycles. The summed E-state index contributed by atoms with van der Waals surface area (Å²) < 4.78 is 39.2. The van der Waals surface area contributed by atoms with Crippen LogP contribution in [0.3, 0.4) is 0 Å². The lowest BCUT2D eigenvalue weighted by molar-refractivity contribution is -0.274. The van der Waals surface area contributed by atoms with E-state index in [4.69, 9.17) is 5.26 Å². The largest absolute Gasteiger partial charge is 0.573 e. The Morgan fingerprint density at radius 1 is 1.33 bits per heavy atom. The molecule has 15 heavy (non-hydrogen) atoms. The summed E-state index contributed by atoms with van der Waals surface area (Å²) in [5.41, 5.74) is 0.471. The SMILES string of the molecule is N#C/C=C/c1cccc(OC(F)(F)F)c1. The molecule has 1 aromatic carbocycles. The van der Waals surface area contributed by atoms with Crippen molar-refractivity contribution >= 4 is 6.08 Å². The molecule has 0 unspecified atom stereocenters. The Labute approximate surface area is 84.2 Å². The van der Waals surface area contributed by atoms with E-state index in [1.54, 1.807) is 12.1 Å². The Balaban J connectivity index is 2.84. The van der Waals surface area contributed by atoms with Crippen LogP contribution < -0.4 is 4.74 Å². The van der Waals surface area contributed by atoms with Crippen molar-refractivity contribution in [1.29, 1.82) is 5.26 Å². The minimum Gasteiger partial charge on any atom is -0.406 e. The molecule has 0 spiro atoms. The molecule has 0 amide bonds. The summed E-state index contributed by atoms with van der Waals surface area (Å²) in [6.07, 6.45) is -2.13. The van der Waals surface area contributed by atoms with Gasteiger partial charge in [0.15, 0.2) is 0 Å². The number of nitrogens with zero attached hydrogens (tertiary/aromatic N) is 1. The number of ether oxygens (including phenoxy) is 1. The summed E-state index contributed by atoms with van der Waals surface area (Å²) in [7, 11) is 0. The maximum absolute atomic E-state index is 11.8. The van der Waals surface area contributed by atoms with Gasteiger partial charge in [-0.25, -0.2) is 0 Å². The molecule has 0 heterocycles. The average molecular weight is 213 g/mol. The molecule has 0 saturated carbocycles. The highest BCUT2D eigenvalue weighted by atomic mass is 19.4. The number of rotatable bonds is 2. The first-order valence-electron chi connectivity index (χ1n) is 3.93. The molecule has 0 fully saturated rings. The zero-order valence-electron chi connectivity index (χ0n) is 7.45. The van der Waals surface area contributed by atoms with Gasteiger partial charge in [0.1, 0.15) is 5.75 Å². The number of hydrogen-bond donors (Lipinski definition) is 0. The molecular formula is C10H6F3NO. The van der Waals surface area contributed by atoms with Gasteiger partial charge in [-0.1, -0.05) is 12.1 Å². The van der Waals surface area contributed by atoms with Gasteiger partial charge in [0.05, 0.1) is 6.07 Å². The van der Waals surface area contributed by atoms with Crippen LogP contribution in [0.15, 0.2) is 30.3 Å². The summed E-state index contributed by atoms with van der Waals surface area (Å²) >= 11 is 0. The van der Waals surface area contributed by atoms with Crippen LogP contribution in [0.4, 0.5) is 13.2 Å². The fourth-order valence-corrected chi connectivity index (χ4v) is 0.949. The molecule has 0 radical (unpaired) electrons. The number of benzene rings is 1. The van der Waals surface area contributed by atoms with E-state index in [1.807, 2.05) is 0 Å². The zero-order valence-corrected chi connectivity index (χ0v) is 7.45. The second-order valence-corrected chi connectivity index (χ2v) is 2.58. The highest BCUT2D eigenvalue weighted by Gasteiger charge is 2.30. The summed E-state index contributed by atoms with van der Waals surface area (Å²) in [5, 5.41) is 8.24. The highest BCUT2D eigenvalue weighted by Crippen LogP contribution is 2.23. The van der Waals surface area contributed by atoms with Crippen LogP contribution in [-0.4, -0.2) is 6.36 Å². The van der Waals surface area contributed by atoms with E-state index in [1.165, 1.54) is 30.4 Å². The van der Waals surface area contributed by atoms with Crippen molar-refractivity contribution in [1.82, 2.24) is 0 Å². The van der Waals surface area contributed by atoms with Crippen LogP contribution in [0.1, 0.15) is 5.56 Å². The molecule has 0 aliphatic rings. The van der Waals surface area contributed by atoms with E-state index in [9.17, 15) is 13.2 Å². The van der Waals surface area contributed by atoms with Crippen molar-refractivity contribution in [3.8, 4) is 11.8 Å². The molecule has 0 bridgehead atoms.